The van der Waals surface area contributed by atoms with Gasteiger partial charge in [-0.1, -0.05) is 6.07 Å². The third kappa shape index (κ3) is 4.63. The van der Waals surface area contributed by atoms with Gasteiger partial charge in [0.15, 0.2) is 0 Å². The van der Waals surface area contributed by atoms with Crippen LogP contribution in [0, 0.1) is 13.8 Å². The van der Waals surface area contributed by atoms with Crippen molar-refractivity contribution in [1.82, 2.24) is 15.3 Å². The number of nitrogens with zero attached hydrogens (tertiary/aromatic N) is 4. The molecule has 0 bridgehead atoms. The van der Waals surface area contributed by atoms with Crippen LogP contribution in [0.2, 0.25) is 0 Å². The first kappa shape index (κ1) is 20.7. The van der Waals surface area contributed by atoms with Crippen LogP contribution in [0.1, 0.15) is 27.2 Å². The summed E-state index contributed by atoms with van der Waals surface area (Å²) in [6.45, 7) is 7.89. The summed E-state index contributed by atoms with van der Waals surface area (Å²) in [7, 11) is 1.51. The maximum atomic E-state index is 12.5. The molecule has 3 heterocycles. The van der Waals surface area contributed by atoms with Gasteiger partial charge in [-0.05, 0) is 49.2 Å². The first-order valence-corrected chi connectivity index (χ1v) is 10.3. The van der Waals surface area contributed by atoms with E-state index in [0.717, 1.165) is 26.2 Å². The Bertz CT molecular complexity index is 1040. The molecule has 3 aromatic rings. The fourth-order valence-electron chi connectivity index (χ4n) is 3.58. The molecule has 2 aromatic heterocycles. The average Bonchev–Trinajstić information content (AvgIpc) is 3.33. The van der Waals surface area contributed by atoms with Gasteiger partial charge in [-0.15, -0.1) is 0 Å². The molecule has 0 radical (unpaired) electrons. The van der Waals surface area contributed by atoms with E-state index in [1.165, 1.54) is 30.1 Å². The monoisotopic (exact) mass is 421 g/mol. The predicted octanol–water partition coefficient (Wildman–Crippen LogP) is 2.95. The molecule has 162 valence electrons. The number of ether oxygens (including phenoxy) is 1. The van der Waals surface area contributed by atoms with Gasteiger partial charge in [0.2, 0.25) is 11.8 Å². The maximum Gasteiger partial charge on any atom is 0.258 e. The molecule has 1 aliphatic heterocycles. The van der Waals surface area contributed by atoms with E-state index in [0.29, 0.717) is 17.3 Å². The number of rotatable bonds is 6. The molecule has 31 heavy (non-hydrogen) atoms. The van der Waals surface area contributed by atoms with Crippen molar-refractivity contribution >= 4 is 17.5 Å². The molecule has 4 rings (SSSR count). The van der Waals surface area contributed by atoms with Crippen molar-refractivity contribution in [3.05, 3.63) is 65.2 Å². The highest BCUT2D eigenvalue weighted by Gasteiger charge is 2.22. The van der Waals surface area contributed by atoms with Gasteiger partial charge >= 0.3 is 0 Å². The molecule has 1 aliphatic rings. The second-order valence-electron chi connectivity index (χ2n) is 7.60. The second kappa shape index (κ2) is 9.07. The fourth-order valence-corrected chi connectivity index (χ4v) is 3.58. The standard InChI is InChI=1S/C23H27N5O3/c1-16-6-7-18(13-17(16)2)27-8-10-28(11-9-27)23-25-15-20(22(26-23)30-3)21(29)24-14-19-5-4-12-31-19/h4-7,12-13,15H,8-11,14H2,1-3H3,(H,24,29). The number of carbonyl (C=O) groups is 1. The van der Waals surface area contributed by atoms with E-state index in [1.54, 1.807) is 18.4 Å². The van der Waals surface area contributed by atoms with Crippen molar-refractivity contribution < 1.29 is 13.9 Å². The van der Waals surface area contributed by atoms with Gasteiger partial charge < -0.3 is 24.3 Å². The molecule has 8 heteroatoms. The fraction of sp³-hybridized carbons (Fsp3) is 0.348. The first-order valence-electron chi connectivity index (χ1n) is 10.3. The van der Waals surface area contributed by atoms with E-state index in [-0.39, 0.29) is 18.3 Å². The molecule has 0 saturated carbocycles. The van der Waals surface area contributed by atoms with Crippen LogP contribution in [0.25, 0.3) is 0 Å². The van der Waals surface area contributed by atoms with E-state index in [1.807, 2.05) is 0 Å². The summed E-state index contributed by atoms with van der Waals surface area (Å²) >= 11 is 0. The summed E-state index contributed by atoms with van der Waals surface area (Å²) in [5.74, 6) is 1.20. The number of anilines is 2. The van der Waals surface area contributed by atoms with Crippen molar-refractivity contribution in [2.75, 3.05) is 43.1 Å². The van der Waals surface area contributed by atoms with Crippen LogP contribution in [-0.2, 0) is 6.54 Å². The summed E-state index contributed by atoms with van der Waals surface area (Å²) in [5, 5.41) is 2.79. The maximum absolute atomic E-state index is 12.5. The Morgan fingerprint density at radius 3 is 2.58 bits per heavy atom. The van der Waals surface area contributed by atoms with E-state index in [9.17, 15) is 4.79 Å². The SMILES string of the molecule is COc1nc(N2CCN(c3ccc(C)c(C)c3)CC2)ncc1C(=O)NCc1ccco1. The van der Waals surface area contributed by atoms with Gasteiger partial charge in [-0.25, -0.2) is 4.98 Å². The lowest BCUT2D eigenvalue weighted by atomic mass is 10.1. The number of hydrogen-bond acceptors (Lipinski definition) is 7. The number of nitrogens with one attached hydrogen (secondary N) is 1. The highest BCUT2D eigenvalue weighted by Crippen LogP contribution is 2.23. The summed E-state index contributed by atoms with van der Waals surface area (Å²) in [5.41, 5.74) is 4.14. The minimum absolute atomic E-state index is 0.263. The number of aromatic nitrogens is 2. The molecule has 8 nitrogen and oxygen atoms in total. The van der Waals surface area contributed by atoms with Crippen LogP contribution >= 0.6 is 0 Å². The summed E-state index contributed by atoms with van der Waals surface area (Å²) < 4.78 is 10.6. The summed E-state index contributed by atoms with van der Waals surface area (Å²) in [6, 6.07) is 10.2. The molecule has 0 aliphatic carbocycles. The molecular formula is C23H27N5O3. The van der Waals surface area contributed by atoms with Crippen molar-refractivity contribution in [2.45, 2.75) is 20.4 Å². The molecule has 1 saturated heterocycles. The Morgan fingerprint density at radius 2 is 1.90 bits per heavy atom. The number of carbonyl (C=O) groups excluding carboxylic acids is 1. The number of hydrogen-bond donors (Lipinski definition) is 1. The zero-order valence-corrected chi connectivity index (χ0v) is 18.1. The number of aryl methyl sites for hydroxylation is 2. The largest absolute Gasteiger partial charge is 0.480 e. The third-order valence-electron chi connectivity index (χ3n) is 5.60. The number of piperazine rings is 1. The Labute approximate surface area is 181 Å². The van der Waals surface area contributed by atoms with E-state index in [2.05, 4.69) is 57.1 Å². The molecular weight excluding hydrogens is 394 g/mol. The van der Waals surface area contributed by atoms with Crippen molar-refractivity contribution in [1.29, 1.82) is 0 Å². The van der Waals surface area contributed by atoms with Gasteiger partial charge in [-0.2, -0.15) is 4.98 Å². The lowest BCUT2D eigenvalue weighted by molar-refractivity contribution is 0.0944. The molecule has 0 unspecified atom stereocenters. The minimum atomic E-state index is -0.306. The quantitative estimate of drug-likeness (QED) is 0.655. The topological polar surface area (TPSA) is 83.7 Å². The van der Waals surface area contributed by atoms with Crippen molar-refractivity contribution in [2.24, 2.45) is 0 Å². The lowest BCUT2D eigenvalue weighted by Crippen LogP contribution is -2.47. The molecule has 1 aromatic carbocycles. The minimum Gasteiger partial charge on any atom is -0.480 e. The molecule has 1 fully saturated rings. The van der Waals surface area contributed by atoms with E-state index in [4.69, 9.17) is 9.15 Å². The Morgan fingerprint density at radius 1 is 1.13 bits per heavy atom. The normalized spacial score (nSPS) is 13.9. The first-order chi connectivity index (χ1) is 15.0. The number of methoxy groups -OCH3 is 1. The van der Waals surface area contributed by atoms with Crippen molar-refractivity contribution in [3.63, 3.8) is 0 Å². The third-order valence-corrected chi connectivity index (χ3v) is 5.60. The molecule has 1 N–H and O–H groups in total. The van der Waals surface area contributed by atoms with E-state index >= 15 is 0 Å². The average molecular weight is 422 g/mol. The highest BCUT2D eigenvalue weighted by molar-refractivity contribution is 5.96. The van der Waals surface area contributed by atoms with Crippen LogP contribution in [0.5, 0.6) is 5.88 Å². The molecule has 1 amide bonds. The van der Waals surface area contributed by atoms with Crippen LogP contribution in [0.3, 0.4) is 0 Å². The Kier molecular flexibility index (Phi) is 6.06. The summed E-state index contributed by atoms with van der Waals surface area (Å²) in [4.78, 5) is 25.9. The van der Waals surface area contributed by atoms with Gasteiger partial charge in [0.25, 0.3) is 5.91 Å². The van der Waals surface area contributed by atoms with Crippen LogP contribution in [-0.4, -0.2) is 49.2 Å². The smallest absolute Gasteiger partial charge is 0.258 e. The van der Waals surface area contributed by atoms with Gasteiger partial charge in [0.1, 0.15) is 11.3 Å². The summed E-state index contributed by atoms with van der Waals surface area (Å²) in [6.07, 6.45) is 3.09. The van der Waals surface area contributed by atoms with Crippen molar-refractivity contribution in [3.8, 4) is 5.88 Å². The second-order valence-corrected chi connectivity index (χ2v) is 7.60. The Hall–Kier alpha value is -3.55. The van der Waals surface area contributed by atoms with Crippen LogP contribution in [0.15, 0.2) is 47.2 Å². The zero-order valence-electron chi connectivity index (χ0n) is 18.1. The zero-order chi connectivity index (χ0) is 21.8. The highest BCUT2D eigenvalue weighted by atomic mass is 16.5. The van der Waals surface area contributed by atoms with E-state index < -0.39 is 0 Å². The van der Waals surface area contributed by atoms with Crippen LogP contribution in [0.4, 0.5) is 11.6 Å². The van der Waals surface area contributed by atoms with Gasteiger partial charge in [0, 0.05) is 38.1 Å². The van der Waals surface area contributed by atoms with Gasteiger partial charge in [-0.3, -0.25) is 4.79 Å². The number of amides is 1. The van der Waals surface area contributed by atoms with Gasteiger partial charge in [0.05, 0.1) is 19.9 Å². The molecule has 0 spiro atoms. The lowest BCUT2D eigenvalue weighted by Gasteiger charge is -2.36. The number of furan rings is 1. The van der Waals surface area contributed by atoms with Crippen LogP contribution < -0.4 is 19.9 Å². The predicted molar refractivity (Wildman–Crippen MR) is 119 cm³/mol. The molecule has 0 atom stereocenters. The Balaban J connectivity index is 1.40. The number of benzene rings is 1.